The summed E-state index contributed by atoms with van der Waals surface area (Å²) in [6.07, 6.45) is 7.23. The van der Waals surface area contributed by atoms with Gasteiger partial charge in [-0.15, -0.1) is 0 Å². The number of hydrogen-bond acceptors (Lipinski definition) is 3. The Morgan fingerprint density at radius 3 is 3.06 bits per heavy atom. The largest absolute Gasteiger partial charge is 0.468 e. The van der Waals surface area contributed by atoms with Gasteiger partial charge in [0.2, 0.25) is 0 Å². The summed E-state index contributed by atoms with van der Waals surface area (Å²) in [5.41, 5.74) is 1.37. The van der Waals surface area contributed by atoms with E-state index in [4.69, 9.17) is 4.42 Å². The first kappa shape index (κ1) is 12.2. The molecule has 0 amide bonds. The quantitative estimate of drug-likeness (QED) is 0.868. The summed E-state index contributed by atoms with van der Waals surface area (Å²) in [5.74, 6) is 1.99. The van der Waals surface area contributed by atoms with Crippen LogP contribution in [0.4, 0.5) is 0 Å². The second kappa shape index (κ2) is 5.45. The molecule has 1 aliphatic carbocycles. The molecule has 1 saturated carbocycles. The van der Waals surface area contributed by atoms with Crippen molar-refractivity contribution in [2.75, 3.05) is 13.1 Å². The Bertz CT molecular complexity index is 384. The van der Waals surface area contributed by atoms with Crippen LogP contribution in [0.1, 0.15) is 43.9 Å². The van der Waals surface area contributed by atoms with Gasteiger partial charge in [0.25, 0.3) is 0 Å². The number of likely N-dealkylation sites (tertiary alicyclic amines) is 1. The van der Waals surface area contributed by atoms with Gasteiger partial charge in [0.15, 0.2) is 0 Å². The minimum absolute atomic E-state index is 0.748. The molecule has 1 unspecified atom stereocenters. The fraction of sp³-hybridized carbons (Fsp3) is 0.733. The Balaban J connectivity index is 1.55. The van der Waals surface area contributed by atoms with E-state index in [2.05, 4.69) is 23.2 Å². The van der Waals surface area contributed by atoms with Crippen LogP contribution in [0, 0.1) is 5.92 Å². The van der Waals surface area contributed by atoms with Crippen LogP contribution in [-0.4, -0.2) is 24.0 Å². The third-order valence-corrected chi connectivity index (χ3v) is 4.10. The molecule has 1 atom stereocenters. The molecule has 0 bridgehead atoms. The van der Waals surface area contributed by atoms with E-state index in [1.54, 1.807) is 0 Å². The van der Waals surface area contributed by atoms with Crippen LogP contribution in [0.2, 0.25) is 0 Å². The molecule has 3 rings (SSSR count). The predicted molar refractivity (Wildman–Crippen MR) is 72.2 cm³/mol. The maximum Gasteiger partial charge on any atom is 0.122 e. The van der Waals surface area contributed by atoms with Crippen LogP contribution in [0.25, 0.3) is 0 Å². The molecule has 1 aromatic rings. The van der Waals surface area contributed by atoms with E-state index in [0.717, 1.165) is 30.8 Å². The zero-order valence-corrected chi connectivity index (χ0v) is 11.3. The van der Waals surface area contributed by atoms with Crippen LogP contribution >= 0.6 is 0 Å². The minimum Gasteiger partial charge on any atom is -0.468 e. The molecule has 1 N–H and O–H groups in total. The van der Waals surface area contributed by atoms with Crippen LogP contribution in [-0.2, 0) is 13.1 Å². The Hall–Kier alpha value is -0.800. The highest BCUT2D eigenvalue weighted by atomic mass is 16.3. The maximum absolute atomic E-state index is 5.62. The van der Waals surface area contributed by atoms with Crippen molar-refractivity contribution in [3.63, 3.8) is 0 Å². The third kappa shape index (κ3) is 3.15. The molecule has 100 valence electrons. The van der Waals surface area contributed by atoms with E-state index in [-0.39, 0.29) is 0 Å². The van der Waals surface area contributed by atoms with Gasteiger partial charge >= 0.3 is 0 Å². The summed E-state index contributed by atoms with van der Waals surface area (Å²) in [6.45, 7) is 6.79. The number of piperidine rings is 1. The predicted octanol–water partition coefficient (Wildman–Crippen LogP) is 2.76. The van der Waals surface area contributed by atoms with Gasteiger partial charge in [-0.25, -0.2) is 0 Å². The monoisotopic (exact) mass is 248 g/mol. The first-order valence-corrected chi connectivity index (χ1v) is 7.32. The van der Waals surface area contributed by atoms with Crippen molar-refractivity contribution in [2.45, 2.75) is 51.7 Å². The average Bonchev–Trinajstić information content (AvgIpc) is 3.08. The van der Waals surface area contributed by atoms with Crippen LogP contribution in [0.15, 0.2) is 16.7 Å². The molecule has 0 radical (unpaired) electrons. The molecule has 3 heteroatoms. The van der Waals surface area contributed by atoms with Gasteiger partial charge in [-0.1, -0.05) is 6.92 Å². The molecule has 0 spiro atoms. The van der Waals surface area contributed by atoms with E-state index >= 15 is 0 Å². The van der Waals surface area contributed by atoms with Crippen LogP contribution in [0.5, 0.6) is 0 Å². The van der Waals surface area contributed by atoms with Crippen LogP contribution in [0.3, 0.4) is 0 Å². The Kier molecular flexibility index (Phi) is 3.71. The van der Waals surface area contributed by atoms with Gasteiger partial charge in [-0.05, 0) is 44.2 Å². The van der Waals surface area contributed by atoms with Gasteiger partial charge in [0.05, 0.1) is 12.8 Å². The lowest BCUT2D eigenvalue weighted by molar-refractivity contribution is 0.175. The number of nitrogens with one attached hydrogen (secondary N) is 1. The van der Waals surface area contributed by atoms with Gasteiger partial charge in [-0.2, -0.15) is 0 Å². The standard InChI is InChI=1S/C15H24N2O/c1-12-3-2-7-17(10-12)11-13-6-8-18-15(13)9-16-14-4-5-14/h6,8,12,14,16H,2-5,7,9-11H2,1H3. The summed E-state index contributed by atoms with van der Waals surface area (Å²) < 4.78 is 5.62. The molecule has 1 aromatic heterocycles. The second-order valence-corrected chi connectivity index (χ2v) is 6.01. The van der Waals surface area contributed by atoms with Gasteiger partial charge in [0.1, 0.15) is 5.76 Å². The molecular weight excluding hydrogens is 224 g/mol. The highest BCUT2D eigenvalue weighted by molar-refractivity contribution is 5.17. The summed E-state index contributed by atoms with van der Waals surface area (Å²) in [4.78, 5) is 2.57. The normalized spacial score (nSPS) is 25.5. The number of furan rings is 1. The summed E-state index contributed by atoms with van der Waals surface area (Å²) in [6, 6.07) is 2.89. The zero-order valence-electron chi connectivity index (χ0n) is 11.3. The molecule has 1 aliphatic heterocycles. The highest BCUT2D eigenvalue weighted by Gasteiger charge is 2.22. The summed E-state index contributed by atoms with van der Waals surface area (Å²) >= 11 is 0. The number of rotatable bonds is 5. The molecule has 0 aromatic carbocycles. The van der Waals surface area contributed by atoms with Crippen molar-refractivity contribution in [2.24, 2.45) is 5.92 Å². The second-order valence-electron chi connectivity index (χ2n) is 6.01. The van der Waals surface area contributed by atoms with Gasteiger partial charge < -0.3 is 9.73 Å². The van der Waals surface area contributed by atoms with Crippen molar-refractivity contribution in [1.29, 1.82) is 0 Å². The van der Waals surface area contributed by atoms with Crippen molar-refractivity contribution in [3.8, 4) is 0 Å². The Labute approximate surface area is 110 Å². The molecule has 2 fully saturated rings. The first-order chi connectivity index (χ1) is 8.81. The fourth-order valence-corrected chi connectivity index (χ4v) is 2.86. The molecule has 2 aliphatic rings. The highest BCUT2D eigenvalue weighted by Crippen LogP contribution is 2.22. The molecular formula is C15H24N2O. The lowest BCUT2D eigenvalue weighted by atomic mass is 10.00. The zero-order chi connectivity index (χ0) is 12.4. The van der Waals surface area contributed by atoms with E-state index in [1.165, 1.54) is 44.3 Å². The summed E-state index contributed by atoms with van der Waals surface area (Å²) in [7, 11) is 0. The Morgan fingerprint density at radius 1 is 1.39 bits per heavy atom. The summed E-state index contributed by atoms with van der Waals surface area (Å²) in [5, 5.41) is 3.53. The van der Waals surface area contributed by atoms with Crippen molar-refractivity contribution in [3.05, 3.63) is 23.7 Å². The van der Waals surface area contributed by atoms with Crippen LogP contribution < -0.4 is 5.32 Å². The van der Waals surface area contributed by atoms with E-state index < -0.39 is 0 Å². The van der Waals surface area contributed by atoms with Gasteiger partial charge in [0, 0.05) is 24.7 Å². The number of nitrogens with zero attached hydrogens (tertiary/aromatic N) is 1. The maximum atomic E-state index is 5.62. The number of hydrogen-bond donors (Lipinski definition) is 1. The minimum atomic E-state index is 0.748. The van der Waals surface area contributed by atoms with E-state index in [9.17, 15) is 0 Å². The molecule has 2 heterocycles. The lowest BCUT2D eigenvalue weighted by Crippen LogP contribution is -2.34. The topological polar surface area (TPSA) is 28.4 Å². The smallest absolute Gasteiger partial charge is 0.122 e. The van der Waals surface area contributed by atoms with Gasteiger partial charge in [-0.3, -0.25) is 4.90 Å². The van der Waals surface area contributed by atoms with Crippen molar-refractivity contribution < 1.29 is 4.42 Å². The third-order valence-electron chi connectivity index (χ3n) is 4.10. The first-order valence-electron chi connectivity index (χ1n) is 7.32. The van der Waals surface area contributed by atoms with Crippen molar-refractivity contribution in [1.82, 2.24) is 10.2 Å². The van der Waals surface area contributed by atoms with Crippen molar-refractivity contribution >= 4 is 0 Å². The van der Waals surface area contributed by atoms with E-state index in [1.807, 2.05) is 6.26 Å². The molecule has 1 saturated heterocycles. The lowest BCUT2D eigenvalue weighted by Gasteiger charge is -2.30. The fourth-order valence-electron chi connectivity index (χ4n) is 2.86. The molecule has 18 heavy (non-hydrogen) atoms. The average molecular weight is 248 g/mol. The molecule has 3 nitrogen and oxygen atoms in total. The van der Waals surface area contributed by atoms with E-state index in [0.29, 0.717) is 0 Å². The Morgan fingerprint density at radius 2 is 2.28 bits per heavy atom. The SMILES string of the molecule is CC1CCCN(Cc2ccoc2CNC2CC2)C1.